The standard InChI is InChI=1S/C26H24F3NO4/c1-33-25(32)23(30-24(31)16-19-7-11-21(12-8-19)26(27,28)29)15-18-9-13-22(14-10-18)34-17-20-5-3-2-4-6-20/h2-14,23H,15-17H2,1H3,(H,30,31)/t23-/m1/s1. The van der Waals surface area contributed by atoms with Crippen LogP contribution in [0.25, 0.3) is 0 Å². The van der Waals surface area contributed by atoms with Crippen molar-refractivity contribution in [3.63, 3.8) is 0 Å². The molecule has 0 saturated heterocycles. The summed E-state index contributed by atoms with van der Waals surface area (Å²) in [4.78, 5) is 24.6. The summed E-state index contributed by atoms with van der Waals surface area (Å²) in [5.41, 5.74) is 1.42. The van der Waals surface area contributed by atoms with E-state index in [-0.39, 0.29) is 12.8 Å². The van der Waals surface area contributed by atoms with E-state index in [0.29, 0.717) is 17.9 Å². The molecule has 34 heavy (non-hydrogen) atoms. The number of ether oxygens (including phenoxy) is 2. The largest absolute Gasteiger partial charge is 0.489 e. The maximum Gasteiger partial charge on any atom is 0.416 e. The molecule has 5 nitrogen and oxygen atoms in total. The van der Waals surface area contributed by atoms with Crippen molar-refractivity contribution in [3.05, 3.63) is 101 Å². The highest BCUT2D eigenvalue weighted by Crippen LogP contribution is 2.29. The van der Waals surface area contributed by atoms with Gasteiger partial charge in [0.15, 0.2) is 0 Å². The SMILES string of the molecule is COC(=O)[C@@H](Cc1ccc(OCc2ccccc2)cc1)NC(=O)Cc1ccc(C(F)(F)F)cc1. The molecule has 8 heteroatoms. The summed E-state index contributed by atoms with van der Waals surface area (Å²) >= 11 is 0. The molecular weight excluding hydrogens is 447 g/mol. The van der Waals surface area contributed by atoms with E-state index in [0.717, 1.165) is 23.3 Å². The topological polar surface area (TPSA) is 64.6 Å². The zero-order chi connectivity index (χ0) is 24.6. The molecule has 0 aliphatic rings. The van der Waals surface area contributed by atoms with Crippen molar-refractivity contribution >= 4 is 11.9 Å². The Balaban J connectivity index is 1.57. The number of carbonyl (C=O) groups is 2. The van der Waals surface area contributed by atoms with E-state index in [9.17, 15) is 22.8 Å². The Bertz CT molecular complexity index is 1080. The number of hydrogen-bond donors (Lipinski definition) is 1. The molecule has 3 aromatic carbocycles. The van der Waals surface area contributed by atoms with Gasteiger partial charge in [-0.25, -0.2) is 4.79 Å². The quantitative estimate of drug-likeness (QED) is 0.459. The molecule has 1 atom stereocenters. The molecule has 0 radical (unpaired) electrons. The highest BCUT2D eigenvalue weighted by Gasteiger charge is 2.30. The van der Waals surface area contributed by atoms with Gasteiger partial charge < -0.3 is 14.8 Å². The van der Waals surface area contributed by atoms with Crippen molar-refractivity contribution in [3.8, 4) is 5.75 Å². The van der Waals surface area contributed by atoms with Crippen LogP contribution in [0.4, 0.5) is 13.2 Å². The zero-order valence-electron chi connectivity index (χ0n) is 18.5. The highest BCUT2D eigenvalue weighted by molar-refractivity contribution is 5.85. The molecule has 0 fully saturated rings. The van der Waals surface area contributed by atoms with Crippen LogP contribution in [-0.2, 0) is 40.0 Å². The molecule has 0 heterocycles. The monoisotopic (exact) mass is 471 g/mol. The van der Waals surface area contributed by atoms with Gasteiger partial charge in [0.05, 0.1) is 19.1 Å². The number of nitrogens with one attached hydrogen (secondary N) is 1. The smallest absolute Gasteiger partial charge is 0.416 e. The van der Waals surface area contributed by atoms with Crippen molar-refractivity contribution < 1.29 is 32.2 Å². The molecule has 3 aromatic rings. The third-order valence-electron chi connectivity index (χ3n) is 5.08. The van der Waals surface area contributed by atoms with Crippen LogP contribution >= 0.6 is 0 Å². The summed E-state index contributed by atoms with van der Waals surface area (Å²) in [6.45, 7) is 0.422. The lowest BCUT2D eigenvalue weighted by molar-refractivity contribution is -0.145. The molecule has 0 saturated carbocycles. The Kier molecular flexibility index (Phi) is 8.29. The first kappa shape index (κ1) is 24.8. The Morgan fingerprint density at radius 3 is 2.06 bits per heavy atom. The second-order valence-corrected chi connectivity index (χ2v) is 7.64. The van der Waals surface area contributed by atoms with Crippen molar-refractivity contribution in [2.24, 2.45) is 0 Å². The van der Waals surface area contributed by atoms with Crippen molar-refractivity contribution in [2.45, 2.75) is 31.7 Å². The minimum atomic E-state index is -4.45. The normalized spacial score (nSPS) is 12.0. The number of halogens is 3. The summed E-state index contributed by atoms with van der Waals surface area (Å²) < 4.78 is 48.6. The third-order valence-corrected chi connectivity index (χ3v) is 5.08. The van der Waals surface area contributed by atoms with Gasteiger partial charge in [-0.15, -0.1) is 0 Å². The number of hydrogen-bond acceptors (Lipinski definition) is 4. The van der Waals surface area contributed by atoms with Crippen LogP contribution in [0.5, 0.6) is 5.75 Å². The fourth-order valence-corrected chi connectivity index (χ4v) is 3.28. The highest BCUT2D eigenvalue weighted by atomic mass is 19.4. The Morgan fingerprint density at radius 1 is 0.853 bits per heavy atom. The van der Waals surface area contributed by atoms with E-state index < -0.39 is 29.7 Å². The number of rotatable bonds is 9. The number of carbonyl (C=O) groups excluding carboxylic acids is 2. The molecule has 0 unspecified atom stereocenters. The van der Waals surface area contributed by atoms with Crippen LogP contribution in [0.2, 0.25) is 0 Å². The molecule has 0 aliphatic heterocycles. The van der Waals surface area contributed by atoms with Gasteiger partial charge in [0.1, 0.15) is 18.4 Å². The molecule has 0 bridgehead atoms. The lowest BCUT2D eigenvalue weighted by Crippen LogP contribution is -2.43. The van der Waals surface area contributed by atoms with Gasteiger partial charge in [0.25, 0.3) is 0 Å². The van der Waals surface area contributed by atoms with Crippen molar-refractivity contribution in [1.82, 2.24) is 5.32 Å². The van der Waals surface area contributed by atoms with Gasteiger partial charge in [-0.05, 0) is 41.0 Å². The first-order valence-electron chi connectivity index (χ1n) is 10.5. The average Bonchev–Trinajstić information content (AvgIpc) is 2.83. The first-order valence-corrected chi connectivity index (χ1v) is 10.5. The third kappa shape index (κ3) is 7.37. The van der Waals surface area contributed by atoms with E-state index in [4.69, 9.17) is 9.47 Å². The molecule has 3 rings (SSSR count). The van der Waals surface area contributed by atoms with E-state index in [1.54, 1.807) is 24.3 Å². The molecular formula is C26H24F3NO4. The van der Waals surface area contributed by atoms with Crippen molar-refractivity contribution in [2.75, 3.05) is 7.11 Å². The molecule has 0 aromatic heterocycles. The molecule has 0 aliphatic carbocycles. The molecule has 178 valence electrons. The molecule has 1 amide bonds. The average molecular weight is 471 g/mol. The van der Waals surface area contributed by atoms with Crippen LogP contribution < -0.4 is 10.1 Å². The van der Waals surface area contributed by atoms with Crippen LogP contribution in [0.15, 0.2) is 78.9 Å². The predicted octanol–water partition coefficient (Wildman–Crippen LogP) is 4.73. The Morgan fingerprint density at radius 2 is 1.47 bits per heavy atom. The fourth-order valence-electron chi connectivity index (χ4n) is 3.28. The van der Waals surface area contributed by atoms with Crippen LogP contribution in [-0.4, -0.2) is 25.0 Å². The summed E-state index contributed by atoms with van der Waals surface area (Å²) in [5.74, 6) is -0.461. The first-order chi connectivity index (χ1) is 16.2. The van der Waals surface area contributed by atoms with Gasteiger partial charge >= 0.3 is 12.1 Å². The maximum atomic E-state index is 12.7. The number of esters is 1. The van der Waals surface area contributed by atoms with E-state index in [1.807, 2.05) is 30.3 Å². The maximum absolute atomic E-state index is 12.7. The zero-order valence-corrected chi connectivity index (χ0v) is 18.5. The Labute approximate surface area is 195 Å². The van der Waals surface area contributed by atoms with Gasteiger partial charge in [-0.1, -0.05) is 54.6 Å². The summed E-state index contributed by atoms with van der Waals surface area (Å²) in [6, 6.07) is 20.2. The minimum absolute atomic E-state index is 0.169. The lowest BCUT2D eigenvalue weighted by atomic mass is 10.0. The molecule has 1 N–H and O–H groups in total. The molecule has 0 spiro atoms. The predicted molar refractivity (Wildman–Crippen MR) is 120 cm³/mol. The second-order valence-electron chi connectivity index (χ2n) is 7.64. The summed E-state index contributed by atoms with van der Waals surface area (Å²) in [6.07, 6.45) is -4.43. The Hall–Kier alpha value is -3.81. The lowest BCUT2D eigenvalue weighted by Gasteiger charge is -2.17. The number of benzene rings is 3. The van der Waals surface area contributed by atoms with Gasteiger partial charge in [0.2, 0.25) is 5.91 Å². The summed E-state index contributed by atoms with van der Waals surface area (Å²) in [7, 11) is 1.22. The number of methoxy groups -OCH3 is 1. The minimum Gasteiger partial charge on any atom is -0.489 e. The van der Waals surface area contributed by atoms with E-state index >= 15 is 0 Å². The second kappa shape index (κ2) is 11.4. The summed E-state index contributed by atoms with van der Waals surface area (Å²) in [5, 5.41) is 2.60. The van der Waals surface area contributed by atoms with Gasteiger partial charge in [-0.2, -0.15) is 13.2 Å². The van der Waals surface area contributed by atoms with Crippen LogP contribution in [0.1, 0.15) is 22.3 Å². The number of alkyl halides is 3. The number of amides is 1. The van der Waals surface area contributed by atoms with Gasteiger partial charge in [0, 0.05) is 6.42 Å². The van der Waals surface area contributed by atoms with E-state index in [2.05, 4.69) is 5.32 Å². The van der Waals surface area contributed by atoms with Crippen LogP contribution in [0.3, 0.4) is 0 Å². The van der Waals surface area contributed by atoms with Crippen LogP contribution in [0, 0.1) is 0 Å². The fraction of sp³-hybridized carbons (Fsp3) is 0.231. The van der Waals surface area contributed by atoms with Crippen molar-refractivity contribution in [1.29, 1.82) is 0 Å². The van der Waals surface area contributed by atoms with Gasteiger partial charge in [-0.3, -0.25) is 4.79 Å². The van der Waals surface area contributed by atoms with E-state index in [1.165, 1.54) is 19.2 Å².